The largest absolute Gasteiger partial charge is 0.493 e. The Balaban J connectivity index is 1.12. The third kappa shape index (κ3) is 6.48. The van der Waals surface area contributed by atoms with Gasteiger partial charge in [-0.2, -0.15) is 0 Å². The van der Waals surface area contributed by atoms with Crippen molar-refractivity contribution in [3.05, 3.63) is 119 Å². The van der Waals surface area contributed by atoms with E-state index < -0.39 is 5.97 Å². The average Bonchev–Trinajstić information content (AvgIpc) is 3.49. The number of aryl methyl sites for hydroxylation is 1. The monoisotopic (exact) mass is 647 g/mol. The van der Waals surface area contributed by atoms with Crippen LogP contribution in [-0.2, 0) is 17.8 Å². The normalized spacial score (nSPS) is 13.3. The molecule has 9 heteroatoms. The van der Waals surface area contributed by atoms with Crippen molar-refractivity contribution < 1.29 is 24.1 Å². The number of hydrogen-bond acceptors (Lipinski definition) is 6. The fourth-order valence-corrected chi connectivity index (χ4v) is 6.57. The van der Waals surface area contributed by atoms with E-state index in [1.807, 2.05) is 66.7 Å². The summed E-state index contributed by atoms with van der Waals surface area (Å²) >= 11 is 6.73. The Kier molecular flexibility index (Phi) is 8.95. The van der Waals surface area contributed by atoms with Crippen molar-refractivity contribution in [1.29, 1.82) is 0 Å². The van der Waals surface area contributed by atoms with Crippen LogP contribution in [0.1, 0.15) is 28.0 Å². The lowest BCUT2D eigenvalue weighted by molar-refractivity contribution is 0.0690. The molecule has 0 bridgehead atoms. The molecule has 0 radical (unpaired) electrons. The van der Waals surface area contributed by atoms with Gasteiger partial charge in [-0.25, -0.2) is 9.78 Å². The minimum atomic E-state index is -1.02. The van der Waals surface area contributed by atoms with Crippen LogP contribution in [-0.4, -0.2) is 54.0 Å². The third-order valence-corrected chi connectivity index (χ3v) is 8.89. The molecule has 0 spiro atoms. The van der Waals surface area contributed by atoms with E-state index in [9.17, 15) is 9.90 Å². The Morgan fingerprint density at radius 2 is 1.68 bits per heavy atom. The van der Waals surface area contributed by atoms with E-state index in [0.717, 1.165) is 76.3 Å². The number of benzene rings is 4. The van der Waals surface area contributed by atoms with Crippen LogP contribution in [0.25, 0.3) is 32.8 Å². The minimum Gasteiger partial charge on any atom is -0.493 e. The highest BCUT2D eigenvalue weighted by atomic mass is 35.5. The first kappa shape index (κ1) is 30.6. The van der Waals surface area contributed by atoms with Crippen LogP contribution in [0.2, 0.25) is 5.15 Å². The summed E-state index contributed by atoms with van der Waals surface area (Å²) in [6.07, 6.45) is 2.82. The van der Waals surface area contributed by atoms with E-state index >= 15 is 0 Å². The van der Waals surface area contributed by atoms with Gasteiger partial charge in [0, 0.05) is 52.4 Å². The van der Waals surface area contributed by atoms with Gasteiger partial charge >= 0.3 is 5.97 Å². The molecule has 1 fully saturated rings. The van der Waals surface area contributed by atoms with Gasteiger partial charge in [-0.1, -0.05) is 66.2 Å². The third-order valence-electron chi connectivity index (χ3n) is 8.60. The molecule has 2 N–H and O–H groups in total. The maximum atomic E-state index is 12.4. The summed E-state index contributed by atoms with van der Waals surface area (Å²) in [5.41, 5.74) is 5.03. The van der Waals surface area contributed by atoms with E-state index in [4.69, 9.17) is 25.8 Å². The SMILES string of the molecule is O=C(O)c1[nH]c2c(-c3c(COc4ccc(N5CCOCC5)cc4)ccnc3Cl)cccc2c1CCCOc1cccc2ccccc12. The molecule has 7 rings (SSSR count). The second-order valence-corrected chi connectivity index (χ2v) is 11.8. The van der Waals surface area contributed by atoms with Crippen LogP contribution < -0.4 is 14.4 Å². The fraction of sp³-hybridized carbons (Fsp3) is 0.211. The number of aromatic amines is 1. The second kappa shape index (κ2) is 13.7. The Labute approximate surface area is 277 Å². The van der Waals surface area contributed by atoms with E-state index in [1.54, 1.807) is 6.20 Å². The Bertz CT molecular complexity index is 2030. The van der Waals surface area contributed by atoms with Crippen LogP contribution in [0, 0.1) is 0 Å². The van der Waals surface area contributed by atoms with Crippen LogP contribution in [0.15, 0.2) is 97.2 Å². The average molecular weight is 648 g/mol. The number of carbonyl (C=O) groups is 1. The molecule has 1 aliphatic rings. The number of para-hydroxylation sites is 1. The van der Waals surface area contributed by atoms with Gasteiger partial charge in [0.2, 0.25) is 0 Å². The molecular formula is C38H34ClN3O5. The van der Waals surface area contributed by atoms with Crippen molar-refractivity contribution in [3.63, 3.8) is 0 Å². The van der Waals surface area contributed by atoms with Gasteiger partial charge < -0.3 is 29.2 Å². The summed E-state index contributed by atoms with van der Waals surface area (Å²) < 4.78 is 17.8. The number of H-pyrrole nitrogens is 1. The number of rotatable bonds is 11. The molecule has 238 valence electrons. The molecule has 47 heavy (non-hydrogen) atoms. The highest BCUT2D eigenvalue weighted by molar-refractivity contribution is 6.32. The number of hydrogen-bond donors (Lipinski definition) is 2. The topological polar surface area (TPSA) is 96.9 Å². The van der Waals surface area contributed by atoms with Crippen molar-refractivity contribution in [3.8, 4) is 22.6 Å². The highest BCUT2D eigenvalue weighted by Gasteiger charge is 2.22. The molecule has 3 heterocycles. The lowest BCUT2D eigenvalue weighted by Gasteiger charge is -2.28. The molecule has 0 saturated carbocycles. The fourth-order valence-electron chi connectivity index (χ4n) is 6.29. The van der Waals surface area contributed by atoms with E-state index in [2.05, 4.69) is 39.1 Å². The molecule has 0 atom stereocenters. The molecular weight excluding hydrogens is 614 g/mol. The minimum absolute atomic E-state index is 0.163. The molecule has 0 amide bonds. The maximum absolute atomic E-state index is 12.4. The number of ether oxygens (including phenoxy) is 3. The van der Waals surface area contributed by atoms with E-state index in [-0.39, 0.29) is 12.3 Å². The number of anilines is 1. The van der Waals surface area contributed by atoms with Crippen molar-refractivity contribution in [2.75, 3.05) is 37.8 Å². The summed E-state index contributed by atoms with van der Waals surface area (Å²) in [5, 5.41) is 13.5. The first-order chi connectivity index (χ1) is 23.1. The molecule has 1 aliphatic heterocycles. The van der Waals surface area contributed by atoms with E-state index in [0.29, 0.717) is 35.7 Å². The van der Waals surface area contributed by atoms with Gasteiger partial charge in [0.15, 0.2) is 0 Å². The van der Waals surface area contributed by atoms with Crippen LogP contribution in [0.5, 0.6) is 11.5 Å². The van der Waals surface area contributed by atoms with Crippen molar-refractivity contribution in [2.45, 2.75) is 19.4 Å². The smallest absolute Gasteiger partial charge is 0.352 e. The first-order valence-electron chi connectivity index (χ1n) is 15.7. The molecule has 0 unspecified atom stereocenters. The van der Waals surface area contributed by atoms with Gasteiger partial charge in [-0.05, 0) is 60.2 Å². The number of nitrogens with one attached hydrogen (secondary N) is 1. The number of morpholine rings is 1. The quantitative estimate of drug-likeness (QED) is 0.108. The number of fused-ring (bicyclic) bond motifs is 2. The predicted octanol–water partition coefficient (Wildman–Crippen LogP) is 8.16. The Morgan fingerprint density at radius 3 is 2.51 bits per heavy atom. The zero-order valence-electron chi connectivity index (χ0n) is 25.7. The number of carboxylic acids is 1. The summed E-state index contributed by atoms with van der Waals surface area (Å²) in [5.74, 6) is 0.537. The number of pyridine rings is 1. The summed E-state index contributed by atoms with van der Waals surface area (Å²) in [7, 11) is 0. The zero-order chi connectivity index (χ0) is 32.2. The highest BCUT2D eigenvalue weighted by Crippen LogP contribution is 2.38. The van der Waals surface area contributed by atoms with Gasteiger partial charge in [0.05, 0.1) is 25.3 Å². The number of nitrogens with zero attached hydrogens (tertiary/aromatic N) is 2. The lowest BCUT2D eigenvalue weighted by atomic mass is 9.98. The van der Waals surface area contributed by atoms with Crippen molar-refractivity contribution in [1.82, 2.24) is 9.97 Å². The Hall–Kier alpha value is -5.05. The van der Waals surface area contributed by atoms with Gasteiger partial charge in [-0.3, -0.25) is 0 Å². The van der Waals surface area contributed by atoms with Crippen LogP contribution in [0.4, 0.5) is 5.69 Å². The lowest BCUT2D eigenvalue weighted by Crippen LogP contribution is -2.36. The standard InChI is InChI=1S/C38H34ClN3O5/c39-37-34(26(17-18-40-37)24-47-28-15-13-27(14-16-28)42-19-22-45-23-20-42)32-10-4-9-30-31(36(38(43)44)41-35(30)32)11-5-21-46-33-12-3-7-25-6-1-2-8-29(25)33/h1-4,6-10,12-18,41H,5,11,19-24H2,(H,43,44). The molecule has 8 nitrogen and oxygen atoms in total. The van der Waals surface area contributed by atoms with Gasteiger partial charge in [-0.15, -0.1) is 0 Å². The number of aromatic nitrogens is 2. The maximum Gasteiger partial charge on any atom is 0.352 e. The van der Waals surface area contributed by atoms with Gasteiger partial charge in [0.1, 0.15) is 29.0 Å². The number of aromatic carboxylic acids is 1. The van der Waals surface area contributed by atoms with E-state index in [1.165, 1.54) is 0 Å². The number of carboxylic acid groups (broad SMARTS) is 1. The van der Waals surface area contributed by atoms with Gasteiger partial charge in [0.25, 0.3) is 0 Å². The Morgan fingerprint density at radius 1 is 0.915 bits per heavy atom. The first-order valence-corrected chi connectivity index (χ1v) is 16.1. The number of halogens is 1. The summed E-state index contributed by atoms with van der Waals surface area (Å²) in [4.78, 5) is 22.3. The molecule has 6 aromatic rings. The summed E-state index contributed by atoms with van der Waals surface area (Å²) in [6.45, 7) is 3.90. The van der Waals surface area contributed by atoms with Crippen LogP contribution >= 0.6 is 11.6 Å². The zero-order valence-corrected chi connectivity index (χ0v) is 26.5. The second-order valence-electron chi connectivity index (χ2n) is 11.5. The molecule has 2 aromatic heterocycles. The molecule has 4 aromatic carbocycles. The molecule has 0 aliphatic carbocycles. The predicted molar refractivity (Wildman–Crippen MR) is 185 cm³/mol. The summed E-state index contributed by atoms with van der Waals surface area (Å²) in [6, 6.07) is 29.8. The van der Waals surface area contributed by atoms with Crippen LogP contribution in [0.3, 0.4) is 0 Å². The molecule has 1 saturated heterocycles. The van der Waals surface area contributed by atoms with Crippen molar-refractivity contribution in [2.24, 2.45) is 0 Å². The van der Waals surface area contributed by atoms with Crippen molar-refractivity contribution >= 4 is 44.9 Å².